The number of rotatable bonds is 3. The van der Waals surface area contributed by atoms with E-state index < -0.39 is 0 Å². The van der Waals surface area contributed by atoms with Gasteiger partial charge in [-0.25, -0.2) is 9.50 Å². The number of aromatic nitrogens is 5. The molecule has 8 heteroatoms. The first-order chi connectivity index (χ1) is 12.8. The highest BCUT2D eigenvalue weighted by atomic mass is 32.1. The van der Waals surface area contributed by atoms with Gasteiger partial charge in [-0.15, -0.1) is 16.4 Å². The third-order valence-electron chi connectivity index (χ3n) is 4.21. The molecule has 4 aromatic rings. The molecule has 138 valence electrons. The average Bonchev–Trinajstić information content (AvgIpc) is 3.32. The second-order valence-corrected chi connectivity index (χ2v) is 8.32. The standard InChI is InChI=1S/C19H20N6OS/c1-19(2,3)15-10-13(24(4)22-15)18(26)20-12-7-8-16-21-17(23-25(16)11-12)14-6-5-9-27-14/h5-11H,1-4H3,(H,20,26). The van der Waals surface area contributed by atoms with E-state index in [1.807, 2.05) is 35.7 Å². The van der Waals surface area contributed by atoms with Gasteiger partial charge in [0.2, 0.25) is 0 Å². The molecule has 1 amide bonds. The number of nitrogens with zero attached hydrogens (tertiary/aromatic N) is 5. The Kier molecular flexibility index (Phi) is 4.07. The van der Waals surface area contributed by atoms with Crippen LogP contribution in [-0.4, -0.2) is 30.3 Å². The van der Waals surface area contributed by atoms with Crippen molar-refractivity contribution in [3.05, 3.63) is 53.3 Å². The Morgan fingerprint density at radius 2 is 2.00 bits per heavy atom. The van der Waals surface area contributed by atoms with E-state index in [9.17, 15) is 4.79 Å². The highest BCUT2D eigenvalue weighted by Gasteiger charge is 2.22. The van der Waals surface area contributed by atoms with Gasteiger partial charge in [-0.05, 0) is 29.6 Å². The molecule has 7 nitrogen and oxygen atoms in total. The summed E-state index contributed by atoms with van der Waals surface area (Å²) in [6.07, 6.45) is 1.76. The Bertz CT molecular complexity index is 1120. The molecule has 0 aliphatic heterocycles. The lowest BCUT2D eigenvalue weighted by Crippen LogP contribution is -2.16. The van der Waals surface area contributed by atoms with Gasteiger partial charge < -0.3 is 5.32 Å². The zero-order valence-electron chi connectivity index (χ0n) is 15.6. The molecule has 0 unspecified atom stereocenters. The second kappa shape index (κ2) is 6.31. The number of fused-ring (bicyclic) bond motifs is 1. The molecule has 0 aliphatic rings. The monoisotopic (exact) mass is 380 g/mol. The number of hydrogen-bond donors (Lipinski definition) is 1. The van der Waals surface area contributed by atoms with Crippen LogP contribution >= 0.6 is 11.3 Å². The molecule has 1 N–H and O–H groups in total. The van der Waals surface area contributed by atoms with E-state index in [-0.39, 0.29) is 11.3 Å². The lowest BCUT2D eigenvalue weighted by Gasteiger charge is -2.13. The van der Waals surface area contributed by atoms with Crippen LogP contribution in [-0.2, 0) is 12.5 Å². The predicted molar refractivity (Wildman–Crippen MR) is 106 cm³/mol. The summed E-state index contributed by atoms with van der Waals surface area (Å²) >= 11 is 1.59. The molecule has 27 heavy (non-hydrogen) atoms. The van der Waals surface area contributed by atoms with E-state index >= 15 is 0 Å². The van der Waals surface area contributed by atoms with Gasteiger partial charge >= 0.3 is 0 Å². The summed E-state index contributed by atoms with van der Waals surface area (Å²) in [5.74, 6) is 0.466. The summed E-state index contributed by atoms with van der Waals surface area (Å²) in [4.78, 5) is 18.2. The lowest BCUT2D eigenvalue weighted by molar-refractivity contribution is 0.101. The normalized spacial score (nSPS) is 11.9. The minimum absolute atomic E-state index is 0.117. The summed E-state index contributed by atoms with van der Waals surface area (Å²) in [7, 11) is 1.78. The van der Waals surface area contributed by atoms with Gasteiger partial charge in [0.15, 0.2) is 11.5 Å². The number of nitrogens with one attached hydrogen (secondary N) is 1. The number of amides is 1. The zero-order valence-corrected chi connectivity index (χ0v) is 16.4. The van der Waals surface area contributed by atoms with Crippen LogP contribution in [0.5, 0.6) is 0 Å². The third kappa shape index (κ3) is 3.35. The van der Waals surface area contributed by atoms with Crippen LogP contribution in [0.1, 0.15) is 37.0 Å². The van der Waals surface area contributed by atoms with E-state index in [0.29, 0.717) is 17.2 Å². The third-order valence-corrected chi connectivity index (χ3v) is 5.08. The van der Waals surface area contributed by atoms with Gasteiger partial charge in [0, 0.05) is 12.5 Å². The fraction of sp³-hybridized carbons (Fsp3) is 0.263. The van der Waals surface area contributed by atoms with E-state index in [4.69, 9.17) is 0 Å². The van der Waals surface area contributed by atoms with Crippen molar-refractivity contribution in [2.45, 2.75) is 26.2 Å². The number of aryl methyl sites for hydroxylation is 1. The molecule has 0 atom stereocenters. The van der Waals surface area contributed by atoms with Gasteiger partial charge in [-0.3, -0.25) is 9.48 Å². The highest BCUT2D eigenvalue weighted by molar-refractivity contribution is 7.13. The topological polar surface area (TPSA) is 77.1 Å². The molecule has 4 heterocycles. The summed E-state index contributed by atoms with van der Waals surface area (Å²) < 4.78 is 3.29. The van der Waals surface area contributed by atoms with Crippen molar-refractivity contribution < 1.29 is 4.79 Å². The predicted octanol–water partition coefficient (Wildman–Crippen LogP) is 3.74. The minimum Gasteiger partial charge on any atom is -0.319 e. The van der Waals surface area contributed by atoms with Crippen LogP contribution in [0.15, 0.2) is 41.9 Å². The number of thiophene rings is 1. The van der Waals surface area contributed by atoms with Crippen LogP contribution in [0.3, 0.4) is 0 Å². The van der Waals surface area contributed by atoms with Crippen LogP contribution < -0.4 is 5.32 Å². The Labute approximate surface area is 160 Å². The van der Waals surface area contributed by atoms with E-state index in [2.05, 4.69) is 41.3 Å². The summed E-state index contributed by atoms with van der Waals surface area (Å²) in [5.41, 5.74) is 2.65. The molecule has 0 spiro atoms. The molecule has 0 bridgehead atoms. The van der Waals surface area contributed by atoms with Crippen molar-refractivity contribution in [1.82, 2.24) is 24.4 Å². The Morgan fingerprint density at radius 3 is 2.67 bits per heavy atom. The molecular formula is C19H20N6OS. The first kappa shape index (κ1) is 17.4. The van der Waals surface area contributed by atoms with Gasteiger partial charge in [0.25, 0.3) is 5.91 Å². The quantitative estimate of drug-likeness (QED) is 0.587. The fourth-order valence-corrected chi connectivity index (χ4v) is 3.36. The van der Waals surface area contributed by atoms with Crippen molar-refractivity contribution in [3.63, 3.8) is 0 Å². The summed E-state index contributed by atoms with van der Waals surface area (Å²) in [5, 5.41) is 13.9. The van der Waals surface area contributed by atoms with E-state index in [0.717, 1.165) is 16.2 Å². The number of pyridine rings is 1. The Hall–Kier alpha value is -3.00. The molecule has 0 aromatic carbocycles. The van der Waals surface area contributed by atoms with Crippen molar-refractivity contribution in [2.24, 2.45) is 7.05 Å². The van der Waals surface area contributed by atoms with Gasteiger partial charge in [0.05, 0.1) is 22.5 Å². The summed E-state index contributed by atoms with van der Waals surface area (Å²) in [6, 6.07) is 9.44. The van der Waals surface area contributed by atoms with E-state index in [1.54, 1.807) is 33.8 Å². The molecule has 0 saturated heterocycles. The van der Waals surface area contributed by atoms with Crippen LogP contribution in [0, 0.1) is 0 Å². The highest BCUT2D eigenvalue weighted by Crippen LogP contribution is 2.23. The van der Waals surface area contributed by atoms with Crippen molar-refractivity contribution in [3.8, 4) is 10.7 Å². The number of carbonyl (C=O) groups excluding carboxylic acids is 1. The van der Waals surface area contributed by atoms with E-state index in [1.165, 1.54) is 0 Å². The van der Waals surface area contributed by atoms with Gasteiger partial charge in [-0.1, -0.05) is 26.8 Å². The largest absolute Gasteiger partial charge is 0.319 e. The molecular weight excluding hydrogens is 360 g/mol. The van der Waals surface area contributed by atoms with Crippen molar-refractivity contribution in [1.29, 1.82) is 0 Å². The van der Waals surface area contributed by atoms with Crippen LogP contribution in [0.25, 0.3) is 16.3 Å². The van der Waals surface area contributed by atoms with Crippen LogP contribution in [0.4, 0.5) is 5.69 Å². The molecule has 0 aliphatic carbocycles. The van der Waals surface area contributed by atoms with Gasteiger partial charge in [0.1, 0.15) is 5.69 Å². The van der Waals surface area contributed by atoms with Crippen LogP contribution in [0.2, 0.25) is 0 Å². The van der Waals surface area contributed by atoms with Gasteiger partial charge in [-0.2, -0.15) is 5.10 Å². The molecule has 0 fully saturated rings. The first-order valence-corrected chi connectivity index (χ1v) is 9.45. The lowest BCUT2D eigenvalue weighted by atomic mass is 9.92. The maximum Gasteiger partial charge on any atom is 0.273 e. The maximum atomic E-state index is 12.7. The molecule has 0 radical (unpaired) electrons. The fourth-order valence-electron chi connectivity index (χ4n) is 2.71. The Balaban J connectivity index is 1.60. The molecule has 4 rings (SSSR count). The maximum absolute atomic E-state index is 12.7. The summed E-state index contributed by atoms with van der Waals surface area (Å²) in [6.45, 7) is 6.21. The minimum atomic E-state index is -0.210. The number of carbonyl (C=O) groups is 1. The Morgan fingerprint density at radius 1 is 1.19 bits per heavy atom. The smallest absolute Gasteiger partial charge is 0.273 e. The number of hydrogen-bond acceptors (Lipinski definition) is 5. The zero-order chi connectivity index (χ0) is 19.2. The average molecular weight is 380 g/mol. The van der Waals surface area contributed by atoms with Crippen molar-refractivity contribution in [2.75, 3.05) is 5.32 Å². The second-order valence-electron chi connectivity index (χ2n) is 7.38. The molecule has 4 aromatic heterocycles. The van der Waals surface area contributed by atoms with Crippen molar-refractivity contribution >= 4 is 28.6 Å². The first-order valence-electron chi connectivity index (χ1n) is 8.57. The SMILES string of the molecule is Cn1nc(C(C)(C)C)cc1C(=O)Nc1ccc2nc(-c3cccs3)nn2c1. The molecule has 0 saturated carbocycles. The number of anilines is 1.